The summed E-state index contributed by atoms with van der Waals surface area (Å²) in [5.41, 5.74) is 15.2. The van der Waals surface area contributed by atoms with Crippen molar-refractivity contribution in [1.82, 2.24) is 9.97 Å². The van der Waals surface area contributed by atoms with Crippen LogP contribution >= 0.6 is 0 Å². The third-order valence-corrected chi connectivity index (χ3v) is 13.9. The summed E-state index contributed by atoms with van der Waals surface area (Å²) in [6.45, 7) is 4.99. The lowest BCUT2D eigenvalue weighted by Gasteiger charge is -2.22. The van der Waals surface area contributed by atoms with Crippen LogP contribution < -0.4 is 10.4 Å². The third kappa shape index (κ3) is 5.62. The monoisotopic (exact) mass is 668 g/mol. The molecule has 0 fully saturated rings. The molecule has 0 radical (unpaired) electrons. The van der Waals surface area contributed by atoms with Gasteiger partial charge in [0.1, 0.15) is 8.07 Å². The Kier molecular flexibility index (Phi) is 7.64. The van der Waals surface area contributed by atoms with E-state index < -0.39 is 8.07 Å². The second-order valence-electron chi connectivity index (χ2n) is 13.8. The summed E-state index contributed by atoms with van der Waals surface area (Å²) in [5.74, 6) is 0.724. The van der Waals surface area contributed by atoms with Gasteiger partial charge in [-0.15, -0.1) is 0 Å². The van der Waals surface area contributed by atoms with Crippen LogP contribution in [0.1, 0.15) is 0 Å². The maximum atomic E-state index is 5.02. The van der Waals surface area contributed by atoms with Crippen LogP contribution in [0.4, 0.5) is 0 Å². The highest BCUT2D eigenvalue weighted by atomic mass is 28.3. The van der Waals surface area contributed by atoms with Gasteiger partial charge in [0.2, 0.25) is 0 Å². The smallest absolute Gasteiger partial charge is 0.160 e. The van der Waals surface area contributed by atoms with Crippen molar-refractivity contribution in [3.63, 3.8) is 0 Å². The van der Waals surface area contributed by atoms with Gasteiger partial charge in [-0.1, -0.05) is 177 Å². The lowest BCUT2D eigenvalue weighted by atomic mass is 9.94. The zero-order valence-corrected chi connectivity index (χ0v) is 29.7. The molecule has 0 bridgehead atoms. The van der Waals surface area contributed by atoms with Crippen molar-refractivity contribution in [2.45, 2.75) is 13.1 Å². The summed E-state index contributed by atoms with van der Waals surface area (Å²) in [6, 6.07) is 65.2. The summed E-state index contributed by atoms with van der Waals surface area (Å²) < 4.78 is 0. The molecule has 0 aliphatic carbocycles. The minimum Gasteiger partial charge on any atom is -0.228 e. The minimum absolute atomic E-state index is 0.724. The molecular weight excluding hydrogens is 633 g/mol. The zero-order chi connectivity index (χ0) is 34.4. The predicted molar refractivity (Wildman–Crippen MR) is 217 cm³/mol. The molecule has 3 heteroatoms. The minimum atomic E-state index is -1.84. The van der Waals surface area contributed by atoms with Gasteiger partial charge in [-0.2, -0.15) is 0 Å². The summed E-state index contributed by atoms with van der Waals surface area (Å²) in [7, 11) is -1.84. The molecule has 2 nitrogen and oxygen atoms in total. The third-order valence-electron chi connectivity index (χ3n) is 10.3. The lowest BCUT2D eigenvalue weighted by Crippen LogP contribution is -2.50. The van der Waals surface area contributed by atoms with Crippen molar-refractivity contribution < 1.29 is 0 Å². The van der Waals surface area contributed by atoms with Crippen LogP contribution in [0.25, 0.3) is 78.4 Å². The first kappa shape index (κ1) is 30.9. The highest BCUT2D eigenvalue weighted by Gasteiger charge is 2.39. The first-order chi connectivity index (χ1) is 25.0. The average Bonchev–Trinajstić information content (AvgIpc) is 3.44. The summed E-state index contributed by atoms with van der Waals surface area (Å²) in [6.07, 6.45) is 0. The molecule has 1 aliphatic rings. The fraction of sp³-hybridized carbons (Fsp3) is 0.0417. The van der Waals surface area contributed by atoms with Gasteiger partial charge in [-0.3, -0.25) is 0 Å². The molecule has 51 heavy (non-hydrogen) atoms. The lowest BCUT2D eigenvalue weighted by molar-refractivity contribution is 1.18. The molecule has 2 heterocycles. The van der Waals surface area contributed by atoms with Gasteiger partial charge in [0.05, 0.1) is 11.4 Å². The quantitative estimate of drug-likeness (QED) is 0.165. The summed E-state index contributed by atoms with van der Waals surface area (Å²) in [5, 5.41) is 3.09. The SMILES string of the molecule is C[Si]1(C)c2ccccc2-c2cccc(-c3cccc(-c4cccc(-c5ccc(-c6cc(-c7ccccc7)nc(-c7ccccc7)n6)cc5)c4)c3)c21. The van der Waals surface area contributed by atoms with Crippen LogP contribution in [0.3, 0.4) is 0 Å². The van der Waals surface area contributed by atoms with E-state index in [0.29, 0.717) is 0 Å². The Morgan fingerprint density at radius 1 is 0.333 bits per heavy atom. The highest BCUT2D eigenvalue weighted by molar-refractivity contribution is 7.04. The van der Waals surface area contributed by atoms with Crippen molar-refractivity contribution in [2.75, 3.05) is 0 Å². The molecule has 0 atom stereocenters. The van der Waals surface area contributed by atoms with E-state index in [-0.39, 0.29) is 0 Å². The van der Waals surface area contributed by atoms with E-state index in [9.17, 15) is 0 Å². The van der Waals surface area contributed by atoms with Crippen molar-refractivity contribution in [1.29, 1.82) is 0 Å². The number of aromatic nitrogens is 2. The fourth-order valence-corrected chi connectivity index (χ4v) is 11.2. The topological polar surface area (TPSA) is 25.8 Å². The average molecular weight is 669 g/mol. The van der Waals surface area contributed by atoms with Gasteiger partial charge in [-0.05, 0) is 73.1 Å². The number of benzene rings is 7. The van der Waals surface area contributed by atoms with Gasteiger partial charge >= 0.3 is 0 Å². The Bertz CT molecular complexity index is 2480. The molecule has 0 amide bonds. The van der Waals surface area contributed by atoms with Gasteiger partial charge in [0.25, 0.3) is 0 Å². The van der Waals surface area contributed by atoms with Crippen molar-refractivity contribution in [3.05, 3.63) is 182 Å². The van der Waals surface area contributed by atoms with Gasteiger partial charge in [0.15, 0.2) is 5.82 Å². The number of nitrogens with zero attached hydrogens (tertiary/aromatic N) is 2. The van der Waals surface area contributed by atoms with Crippen LogP contribution in [-0.4, -0.2) is 18.0 Å². The fourth-order valence-electron chi connectivity index (χ4n) is 7.73. The summed E-state index contributed by atoms with van der Waals surface area (Å²) in [4.78, 5) is 9.98. The highest BCUT2D eigenvalue weighted by Crippen LogP contribution is 2.36. The Balaban J connectivity index is 1.04. The van der Waals surface area contributed by atoms with Crippen LogP contribution in [0.2, 0.25) is 13.1 Å². The molecule has 0 N–H and O–H groups in total. The second-order valence-corrected chi connectivity index (χ2v) is 18.1. The standard InChI is InChI=1S/C48H36N2Si/c1-51(2)46-25-10-9-22-42(46)43-24-13-23-41(47(43)51)40-21-12-20-39(31-40)38-19-11-18-37(30-38)33-26-28-35(29-27-33)45-32-44(34-14-5-3-6-15-34)49-48(50-45)36-16-7-4-8-17-36/h3-32H,1-2H3. The normalized spacial score (nSPS) is 12.7. The van der Waals surface area contributed by atoms with E-state index in [1.165, 1.54) is 49.7 Å². The van der Waals surface area contributed by atoms with Gasteiger partial charge in [-0.25, -0.2) is 9.97 Å². The van der Waals surface area contributed by atoms with E-state index in [1.54, 1.807) is 5.19 Å². The van der Waals surface area contributed by atoms with E-state index in [2.05, 4.69) is 159 Å². The molecule has 242 valence electrons. The Labute approximate surface area is 300 Å². The second kappa shape index (κ2) is 12.6. The van der Waals surface area contributed by atoms with E-state index in [0.717, 1.165) is 33.9 Å². The van der Waals surface area contributed by atoms with Crippen LogP contribution in [0, 0.1) is 0 Å². The number of hydrogen-bond donors (Lipinski definition) is 0. The van der Waals surface area contributed by atoms with E-state index >= 15 is 0 Å². The molecule has 8 aromatic rings. The van der Waals surface area contributed by atoms with Crippen molar-refractivity contribution >= 4 is 18.4 Å². The Morgan fingerprint density at radius 3 is 1.47 bits per heavy atom. The molecular formula is C48H36N2Si. The molecule has 0 unspecified atom stereocenters. The summed E-state index contributed by atoms with van der Waals surface area (Å²) >= 11 is 0. The van der Waals surface area contributed by atoms with Gasteiger partial charge in [0, 0.05) is 16.7 Å². The Morgan fingerprint density at radius 2 is 0.784 bits per heavy atom. The number of fused-ring (bicyclic) bond motifs is 3. The van der Waals surface area contributed by atoms with Crippen LogP contribution in [-0.2, 0) is 0 Å². The maximum Gasteiger partial charge on any atom is 0.160 e. The maximum absolute atomic E-state index is 5.02. The van der Waals surface area contributed by atoms with Crippen LogP contribution in [0.5, 0.6) is 0 Å². The van der Waals surface area contributed by atoms with Crippen molar-refractivity contribution in [3.8, 4) is 78.4 Å². The van der Waals surface area contributed by atoms with Crippen molar-refractivity contribution in [2.24, 2.45) is 0 Å². The largest absolute Gasteiger partial charge is 0.228 e. The number of rotatable bonds is 6. The molecule has 9 rings (SSSR count). The first-order valence-electron chi connectivity index (χ1n) is 17.6. The molecule has 1 aliphatic heterocycles. The molecule has 7 aromatic carbocycles. The molecule has 1 aromatic heterocycles. The first-order valence-corrected chi connectivity index (χ1v) is 20.6. The molecule has 0 saturated carbocycles. The molecule has 0 spiro atoms. The molecule has 0 saturated heterocycles. The van der Waals surface area contributed by atoms with Gasteiger partial charge < -0.3 is 0 Å². The van der Waals surface area contributed by atoms with Crippen LogP contribution in [0.15, 0.2) is 182 Å². The van der Waals surface area contributed by atoms with E-state index in [1.807, 2.05) is 36.4 Å². The number of hydrogen-bond acceptors (Lipinski definition) is 2. The Hall–Kier alpha value is -6.16. The van der Waals surface area contributed by atoms with E-state index in [4.69, 9.17) is 9.97 Å². The predicted octanol–water partition coefficient (Wildman–Crippen LogP) is 11.3. The zero-order valence-electron chi connectivity index (χ0n) is 28.7.